The molecule has 0 aliphatic carbocycles. The Morgan fingerprint density at radius 2 is 2.00 bits per heavy atom. The third-order valence-corrected chi connectivity index (χ3v) is 1.23. The first-order valence-electron chi connectivity index (χ1n) is 3.77. The number of aliphatic hydroxyl groups is 1. The van der Waals surface area contributed by atoms with E-state index in [9.17, 15) is 4.79 Å². The van der Waals surface area contributed by atoms with Gasteiger partial charge in [0, 0.05) is 0 Å². The molecule has 0 rings (SSSR count). The zero-order valence-electron chi connectivity index (χ0n) is 7.44. The minimum absolute atomic E-state index is 0.257. The van der Waals surface area contributed by atoms with Crippen LogP contribution in [0.25, 0.3) is 0 Å². The van der Waals surface area contributed by atoms with Crippen molar-refractivity contribution in [3.63, 3.8) is 0 Å². The number of nitriles is 1. The fourth-order valence-corrected chi connectivity index (χ4v) is 0.663. The van der Waals surface area contributed by atoms with Crippen LogP contribution in [-0.2, 0) is 9.53 Å². The Labute approximate surface area is 71.8 Å². The molecule has 0 saturated carbocycles. The molecule has 1 unspecified atom stereocenters. The zero-order chi connectivity index (χ0) is 9.72. The van der Waals surface area contributed by atoms with Crippen LogP contribution in [0, 0.1) is 17.2 Å². The van der Waals surface area contributed by atoms with E-state index in [1.54, 1.807) is 19.9 Å². The van der Waals surface area contributed by atoms with Crippen molar-refractivity contribution in [2.45, 2.75) is 33.0 Å². The molecule has 0 aromatic carbocycles. The molecule has 0 amide bonds. The SMILES string of the molecule is CC(C)OC(=O)C(C#N)[C@@H](C)O. The van der Waals surface area contributed by atoms with E-state index in [0.29, 0.717) is 0 Å². The molecule has 0 aliphatic rings. The van der Waals surface area contributed by atoms with Crippen LogP contribution >= 0.6 is 0 Å². The largest absolute Gasteiger partial charge is 0.462 e. The summed E-state index contributed by atoms with van der Waals surface area (Å²) in [6.07, 6.45) is -1.24. The lowest BCUT2D eigenvalue weighted by Crippen LogP contribution is -2.28. The summed E-state index contributed by atoms with van der Waals surface area (Å²) in [5, 5.41) is 17.4. The van der Waals surface area contributed by atoms with Crippen molar-refractivity contribution in [2.24, 2.45) is 5.92 Å². The first-order chi connectivity index (χ1) is 5.49. The van der Waals surface area contributed by atoms with Gasteiger partial charge in [-0.3, -0.25) is 4.79 Å². The third kappa shape index (κ3) is 3.35. The summed E-state index contributed by atoms with van der Waals surface area (Å²) in [5.41, 5.74) is 0. The topological polar surface area (TPSA) is 70.3 Å². The Bertz CT molecular complexity index is 193. The number of esters is 1. The Morgan fingerprint density at radius 3 is 2.25 bits per heavy atom. The highest BCUT2D eigenvalue weighted by atomic mass is 16.5. The molecule has 0 aliphatic heterocycles. The highest BCUT2D eigenvalue weighted by molar-refractivity contribution is 5.75. The van der Waals surface area contributed by atoms with Crippen LogP contribution in [0.4, 0.5) is 0 Å². The average Bonchev–Trinajstić information content (AvgIpc) is 1.85. The van der Waals surface area contributed by atoms with E-state index in [1.807, 2.05) is 0 Å². The third-order valence-electron chi connectivity index (χ3n) is 1.23. The maximum Gasteiger partial charge on any atom is 0.326 e. The molecule has 0 aromatic heterocycles. The second kappa shape index (κ2) is 4.73. The summed E-state index contributed by atoms with van der Waals surface area (Å²) in [7, 11) is 0. The first kappa shape index (κ1) is 10.9. The molecule has 4 nitrogen and oxygen atoms in total. The maximum atomic E-state index is 11.0. The van der Waals surface area contributed by atoms with Gasteiger partial charge >= 0.3 is 5.97 Å². The van der Waals surface area contributed by atoms with E-state index in [-0.39, 0.29) is 6.10 Å². The van der Waals surface area contributed by atoms with E-state index in [0.717, 1.165) is 0 Å². The molecule has 0 aromatic rings. The summed E-state index contributed by atoms with van der Waals surface area (Å²) in [5.74, 6) is -1.74. The van der Waals surface area contributed by atoms with Gasteiger partial charge in [-0.05, 0) is 20.8 Å². The maximum absolute atomic E-state index is 11.0. The number of hydrogen-bond acceptors (Lipinski definition) is 4. The average molecular weight is 171 g/mol. The Morgan fingerprint density at radius 1 is 1.50 bits per heavy atom. The van der Waals surface area contributed by atoms with Crippen molar-refractivity contribution < 1.29 is 14.6 Å². The lowest BCUT2D eigenvalue weighted by Gasteiger charge is -2.13. The summed E-state index contributed by atoms with van der Waals surface area (Å²) in [6.45, 7) is 4.76. The van der Waals surface area contributed by atoms with Gasteiger partial charge in [-0.25, -0.2) is 0 Å². The lowest BCUT2D eigenvalue weighted by atomic mass is 10.1. The molecule has 0 heterocycles. The number of aliphatic hydroxyl groups excluding tert-OH is 1. The summed E-state index contributed by atoms with van der Waals surface area (Å²) in [4.78, 5) is 11.0. The van der Waals surface area contributed by atoms with E-state index in [1.165, 1.54) is 6.92 Å². The number of nitrogens with zero attached hydrogens (tertiary/aromatic N) is 1. The fourth-order valence-electron chi connectivity index (χ4n) is 0.663. The molecule has 0 saturated heterocycles. The molecule has 0 fully saturated rings. The van der Waals surface area contributed by atoms with Gasteiger partial charge in [0.25, 0.3) is 0 Å². The van der Waals surface area contributed by atoms with Crippen LogP contribution in [0.5, 0.6) is 0 Å². The number of carbonyl (C=O) groups is 1. The Kier molecular flexibility index (Phi) is 4.30. The van der Waals surface area contributed by atoms with E-state index in [4.69, 9.17) is 15.1 Å². The summed E-state index contributed by atoms with van der Waals surface area (Å²) in [6, 6.07) is 1.68. The summed E-state index contributed by atoms with van der Waals surface area (Å²) >= 11 is 0. The van der Waals surface area contributed by atoms with Gasteiger partial charge in [-0.15, -0.1) is 0 Å². The van der Waals surface area contributed by atoms with Gasteiger partial charge in [0.05, 0.1) is 18.3 Å². The Balaban J connectivity index is 4.16. The Hall–Kier alpha value is -1.08. The van der Waals surface area contributed by atoms with Crippen molar-refractivity contribution in [1.29, 1.82) is 5.26 Å². The lowest BCUT2D eigenvalue weighted by molar-refractivity contribution is -0.153. The van der Waals surface area contributed by atoms with Crippen LogP contribution < -0.4 is 0 Å². The molecule has 2 atom stereocenters. The second-order valence-electron chi connectivity index (χ2n) is 2.83. The van der Waals surface area contributed by atoms with Crippen molar-refractivity contribution in [3.8, 4) is 6.07 Å². The predicted octanol–water partition coefficient (Wildman–Crippen LogP) is 0.459. The molecular weight excluding hydrogens is 158 g/mol. The van der Waals surface area contributed by atoms with Gasteiger partial charge in [-0.1, -0.05) is 0 Å². The monoisotopic (exact) mass is 171 g/mol. The number of carbonyl (C=O) groups excluding carboxylic acids is 1. The molecule has 4 heteroatoms. The second-order valence-corrected chi connectivity index (χ2v) is 2.83. The number of rotatable bonds is 3. The highest BCUT2D eigenvalue weighted by Gasteiger charge is 2.25. The van der Waals surface area contributed by atoms with Gasteiger partial charge in [0.2, 0.25) is 0 Å². The van der Waals surface area contributed by atoms with Crippen LogP contribution in [0.1, 0.15) is 20.8 Å². The van der Waals surface area contributed by atoms with Gasteiger partial charge in [0.1, 0.15) is 0 Å². The number of hydrogen-bond donors (Lipinski definition) is 1. The van der Waals surface area contributed by atoms with E-state index >= 15 is 0 Å². The van der Waals surface area contributed by atoms with E-state index < -0.39 is 18.0 Å². The standard InChI is InChI=1S/C8H13NO3/c1-5(2)12-8(11)7(4-9)6(3)10/h5-7,10H,1-3H3/t6-,7?/m1/s1. The first-order valence-corrected chi connectivity index (χ1v) is 3.77. The molecular formula is C8H13NO3. The van der Waals surface area contributed by atoms with Crippen LogP contribution in [0.2, 0.25) is 0 Å². The van der Waals surface area contributed by atoms with Crippen LogP contribution in [-0.4, -0.2) is 23.3 Å². The highest BCUT2D eigenvalue weighted by Crippen LogP contribution is 2.06. The molecule has 0 spiro atoms. The number of ether oxygens (including phenoxy) is 1. The molecule has 68 valence electrons. The minimum atomic E-state index is -1.08. The predicted molar refractivity (Wildman–Crippen MR) is 42.0 cm³/mol. The zero-order valence-corrected chi connectivity index (χ0v) is 7.44. The van der Waals surface area contributed by atoms with Gasteiger partial charge in [0.15, 0.2) is 5.92 Å². The van der Waals surface area contributed by atoms with Gasteiger partial charge in [-0.2, -0.15) is 5.26 Å². The molecule has 0 bridgehead atoms. The van der Waals surface area contributed by atoms with Crippen molar-refractivity contribution in [3.05, 3.63) is 0 Å². The van der Waals surface area contributed by atoms with Crippen molar-refractivity contribution in [1.82, 2.24) is 0 Å². The minimum Gasteiger partial charge on any atom is -0.462 e. The quantitative estimate of drug-likeness (QED) is 0.626. The van der Waals surface area contributed by atoms with Crippen LogP contribution in [0.3, 0.4) is 0 Å². The van der Waals surface area contributed by atoms with Crippen molar-refractivity contribution in [2.75, 3.05) is 0 Å². The smallest absolute Gasteiger partial charge is 0.326 e. The van der Waals surface area contributed by atoms with Gasteiger partial charge < -0.3 is 9.84 Å². The summed E-state index contributed by atoms with van der Waals surface area (Å²) < 4.78 is 4.74. The fraction of sp³-hybridized carbons (Fsp3) is 0.750. The van der Waals surface area contributed by atoms with Crippen molar-refractivity contribution >= 4 is 5.97 Å². The van der Waals surface area contributed by atoms with Crippen LogP contribution in [0.15, 0.2) is 0 Å². The van der Waals surface area contributed by atoms with E-state index in [2.05, 4.69) is 0 Å². The molecule has 0 radical (unpaired) electrons. The molecule has 1 N–H and O–H groups in total. The normalized spacial score (nSPS) is 15.0. The molecule has 12 heavy (non-hydrogen) atoms.